The smallest absolute Gasteiger partial charge is 0.265 e. The van der Waals surface area contributed by atoms with Gasteiger partial charge < -0.3 is 15.8 Å². The number of benzene rings is 1. The van der Waals surface area contributed by atoms with E-state index >= 15 is 0 Å². The van der Waals surface area contributed by atoms with E-state index in [0.717, 1.165) is 4.88 Å². The summed E-state index contributed by atoms with van der Waals surface area (Å²) in [5, 5.41) is 2.84. The molecular formula is C14H16N2O2S. The Morgan fingerprint density at radius 1 is 1.42 bits per heavy atom. The molecule has 2 aromatic rings. The van der Waals surface area contributed by atoms with E-state index in [0.29, 0.717) is 28.6 Å². The molecule has 2 rings (SSSR count). The van der Waals surface area contributed by atoms with Crippen molar-refractivity contribution in [2.75, 3.05) is 17.7 Å². The van der Waals surface area contributed by atoms with Crippen molar-refractivity contribution >= 4 is 28.6 Å². The molecule has 1 heterocycles. The van der Waals surface area contributed by atoms with Crippen molar-refractivity contribution in [3.05, 3.63) is 40.1 Å². The minimum atomic E-state index is -0.169. The van der Waals surface area contributed by atoms with Crippen LogP contribution in [0.3, 0.4) is 0 Å². The number of ether oxygens (including phenoxy) is 1. The molecule has 1 aromatic carbocycles. The number of carbonyl (C=O) groups is 1. The van der Waals surface area contributed by atoms with Crippen molar-refractivity contribution in [2.24, 2.45) is 0 Å². The maximum Gasteiger partial charge on any atom is 0.265 e. The predicted molar refractivity (Wildman–Crippen MR) is 79.0 cm³/mol. The van der Waals surface area contributed by atoms with Crippen LogP contribution in [-0.2, 0) is 0 Å². The summed E-state index contributed by atoms with van der Waals surface area (Å²) in [6.07, 6.45) is 0. The third-order valence-electron chi connectivity index (χ3n) is 2.62. The molecule has 0 radical (unpaired) electrons. The van der Waals surface area contributed by atoms with Gasteiger partial charge in [0.05, 0.1) is 17.2 Å². The van der Waals surface area contributed by atoms with Crippen LogP contribution >= 0.6 is 11.3 Å². The molecule has 0 aliphatic rings. The number of amides is 1. The van der Waals surface area contributed by atoms with Gasteiger partial charge >= 0.3 is 0 Å². The molecule has 0 unspecified atom stereocenters. The Hall–Kier alpha value is -2.01. The first-order chi connectivity index (χ1) is 9.11. The van der Waals surface area contributed by atoms with Crippen LogP contribution in [0.5, 0.6) is 5.75 Å². The first-order valence-electron chi connectivity index (χ1n) is 6.01. The fraction of sp³-hybridized carbons (Fsp3) is 0.214. The first-order valence-corrected chi connectivity index (χ1v) is 6.82. The number of hydrogen-bond donors (Lipinski definition) is 2. The number of nitrogen functional groups attached to an aromatic ring is 1. The SMILES string of the molecule is CCOc1ccccc1NC(=O)c1cc(N)c(C)s1. The fourth-order valence-corrected chi connectivity index (χ4v) is 2.48. The van der Waals surface area contributed by atoms with Crippen LogP contribution in [0.4, 0.5) is 11.4 Å². The number of rotatable bonds is 4. The predicted octanol–water partition coefficient (Wildman–Crippen LogP) is 3.29. The quantitative estimate of drug-likeness (QED) is 0.900. The summed E-state index contributed by atoms with van der Waals surface area (Å²) in [5.74, 6) is 0.497. The highest BCUT2D eigenvalue weighted by molar-refractivity contribution is 7.14. The molecular weight excluding hydrogens is 260 g/mol. The second-order valence-corrected chi connectivity index (χ2v) is 5.26. The van der Waals surface area contributed by atoms with E-state index in [4.69, 9.17) is 10.5 Å². The molecule has 0 bridgehead atoms. The highest BCUT2D eigenvalue weighted by Gasteiger charge is 2.13. The van der Waals surface area contributed by atoms with E-state index in [2.05, 4.69) is 5.32 Å². The number of anilines is 2. The van der Waals surface area contributed by atoms with Gasteiger partial charge in [0.1, 0.15) is 5.75 Å². The normalized spacial score (nSPS) is 10.2. The lowest BCUT2D eigenvalue weighted by Crippen LogP contribution is -2.11. The minimum absolute atomic E-state index is 0.169. The fourth-order valence-electron chi connectivity index (χ4n) is 1.64. The van der Waals surface area contributed by atoms with Crippen LogP contribution in [0.15, 0.2) is 30.3 Å². The zero-order chi connectivity index (χ0) is 13.8. The van der Waals surface area contributed by atoms with Crippen LogP contribution in [0.2, 0.25) is 0 Å². The molecule has 3 N–H and O–H groups in total. The third kappa shape index (κ3) is 3.06. The minimum Gasteiger partial charge on any atom is -0.492 e. The van der Waals surface area contributed by atoms with Gasteiger partial charge in [0.15, 0.2) is 0 Å². The summed E-state index contributed by atoms with van der Waals surface area (Å²) >= 11 is 1.38. The largest absolute Gasteiger partial charge is 0.492 e. The van der Waals surface area contributed by atoms with E-state index in [1.807, 2.05) is 38.1 Å². The Bertz CT molecular complexity index is 573. The van der Waals surface area contributed by atoms with Crippen molar-refractivity contribution in [3.8, 4) is 5.75 Å². The highest BCUT2D eigenvalue weighted by atomic mass is 32.1. The van der Waals surface area contributed by atoms with Gasteiger partial charge in [-0.15, -0.1) is 11.3 Å². The van der Waals surface area contributed by atoms with Crippen molar-refractivity contribution in [1.29, 1.82) is 0 Å². The van der Waals surface area contributed by atoms with Crippen LogP contribution in [0.25, 0.3) is 0 Å². The number of nitrogens with one attached hydrogen (secondary N) is 1. The monoisotopic (exact) mass is 276 g/mol. The maximum absolute atomic E-state index is 12.1. The van der Waals surface area contributed by atoms with Crippen molar-refractivity contribution < 1.29 is 9.53 Å². The Balaban J connectivity index is 2.19. The summed E-state index contributed by atoms with van der Waals surface area (Å²) in [5.41, 5.74) is 7.07. The number of hydrogen-bond acceptors (Lipinski definition) is 4. The van der Waals surface area contributed by atoms with Crippen LogP contribution in [0, 0.1) is 6.92 Å². The van der Waals surface area contributed by atoms with Gasteiger partial charge in [-0.1, -0.05) is 12.1 Å². The lowest BCUT2D eigenvalue weighted by molar-refractivity contribution is 0.103. The van der Waals surface area contributed by atoms with Gasteiger partial charge in [-0.05, 0) is 32.0 Å². The summed E-state index contributed by atoms with van der Waals surface area (Å²) in [4.78, 5) is 13.7. The van der Waals surface area contributed by atoms with E-state index in [9.17, 15) is 4.79 Å². The summed E-state index contributed by atoms with van der Waals surface area (Å²) in [6.45, 7) is 4.35. The number of nitrogens with two attached hydrogens (primary N) is 1. The molecule has 19 heavy (non-hydrogen) atoms. The molecule has 0 saturated carbocycles. The summed E-state index contributed by atoms with van der Waals surface area (Å²) in [6, 6.07) is 9.05. The molecule has 4 nitrogen and oxygen atoms in total. The molecule has 100 valence electrons. The van der Waals surface area contributed by atoms with Gasteiger partial charge in [0, 0.05) is 10.6 Å². The molecule has 5 heteroatoms. The standard InChI is InChI=1S/C14H16N2O2S/c1-3-18-12-7-5-4-6-11(12)16-14(17)13-8-10(15)9(2)19-13/h4-8H,3,15H2,1-2H3,(H,16,17). The third-order valence-corrected chi connectivity index (χ3v) is 3.68. The van der Waals surface area contributed by atoms with E-state index in [1.165, 1.54) is 11.3 Å². The van der Waals surface area contributed by atoms with E-state index < -0.39 is 0 Å². The Labute approximate surface area is 116 Å². The number of thiophene rings is 1. The molecule has 0 aliphatic carbocycles. The average Bonchev–Trinajstić information content (AvgIpc) is 2.72. The van der Waals surface area contributed by atoms with Crippen molar-refractivity contribution in [3.63, 3.8) is 0 Å². The lowest BCUT2D eigenvalue weighted by Gasteiger charge is -2.10. The molecule has 1 amide bonds. The topological polar surface area (TPSA) is 64.3 Å². The average molecular weight is 276 g/mol. The Morgan fingerprint density at radius 2 is 2.16 bits per heavy atom. The molecule has 0 spiro atoms. The van der Waals surface area contributed by atoms with Crippen LogP contribution < -0.4 is 15.8 Å². The Kier molecular flexibility index (Phi) is 4.06. The second-order valence-electron chi connectivity index (χ2n) is 4.01. The maximum atomic E-state index is 12.1. The number of carbonyl (C=O) groups excluding carboxylic acids is 1. The first kappa shape index (κ1) is 13.4. The molecule has 0 fully saturated rings. The van der Waals surface area contributed by atoms with Gasteiger partial charge in [-0.2, -0.15) is 0 Å². The van der Waals surface area contributed by atoms with E-state index in [1.54, 1.807) is 6.07 Å². The Morgan fingerprint density at radius 3 is 2.79 bits per heavy atom. The molecule has 1 aromatic heterocycles. The van der Waals surface area contributed by atoms with Gasteiger partial charge in [-0.3, -0.25) is 4.79 Å². The summed E-state index contributed by atoms with van der Waals surface area (Å²) < 4.78 is 5.47. The zero-order valence-electron chi connectivity index (χ0n) is 10.9. The lowest BCUT2D eigenvalue weighted by atomic mass is 10.3. The van der Waals surface area contributed by atoms with Gasteiger partial charge in [0.2, 0.25) is 0 Å². The van der Waals surface area contributed by atoms with E-state index in [-0.39, 0.29) is 5.91 Å². The van der Waals surface area contributed by atoms with Crippen molar-refractivity contribution in [2.45, 2.75) is 13.8 Å². The summed E-state index contributed by atoms with van der Waals surface area (Å²) in [7, 11) is 0. The molecule has 0 atom stereocenters. The van der Waals surface area contributed by atoms with Crippen LogP contribution in [-0.4, -0.2) is 12.5 Å². The molecule has 0 aliphatic heterocycles. The number of aryl methyl sites for hydroxylation is 1. The zero-order valence-corrected chi connectivity index (χ0v) is 11.7. The molecule has 0 saturated heterocycles. The number of para-hydroxylation sites is 2. The van der Waals surface area contributed by atoms with Gasteiger partial charge in [-0.25, -0.2) is 0 Å². The van der Waals surface area contributed by atoms with Crippen LogP contribution in [0.1, 0.15) is 21.5 Å². The second kappa shape index (κ2) is 5.75. The highest BCUT2D eigenvalue weighted by Crippen LogP contribution is 2.27. The van der Waals surface area contributed by atoms with Crippen molar-refractivity contribution in [1.82, 2.24) is 0 Å². The van der Waals surface area contributed by atoms with Gasteiger partial charge in [0.25, 0.3) is 5.91 Å².